The maximum atomic E-state index is 14.0. The molecule has 0 bridgehead atoms. The first-order valence-electron chi connectivity index (χ1n) is 10.2. The molecule has 0 unspecified atom stereocenters. The fourth-order valence-corrected chi connectivity index (χ4v) is 4.06. The van der Waals surface area contributed by atoms with Gasteiger partial charge in [0.1, 0.15) is 11.5 Å². The van der Waals surface area contributed by atoms with E-state index in [9.17, 15) is 4.39 Å². The van der Waals surface area contributed by atoms with Gasteiger partial charge < -0.3 is 10.1 Å². The topological polar surface area (TPSA) is 64.9 Å². The minimum absolute atomic E-state index is 0.240. The quantitative estimate of drug-likeness (QED) is 0.419. The van der Waals surface area contributed by atoms with Crippen LogP contribution in [0.2, 0.25) is 0 Å². The van der Waals surface area contributed by atoms with Crippen LogP contribution in [-0.2, 0) is 0 Å². The number of nitrogens with one attached hydrogen (secondary N) is 1. The van der Waals surface area contributed by atoms with E-state index in [0.29, 0.717) is 22.9 Å². The van der Waals surface area contributed by atoms with E-state index in [1.807, 2.05) is 59.3 Å². The van der Waals surface area contributed by atoms with Crippen molar-refractivity contribution in [3.8, 4) is 11.5 Å². The zero-order chi connectivity index (χ0) is 20.5. The van der Waals surface area contributed by atoms with Gasteiger partial charge in [0.2, 0.25) is 0 Å². The molecule has 1 aliphatic rings. The molecule has 2 aromatic carbocycles. The van der Waals surface area contributed by atoms with Crippen LogP contribution in [0.1, 0.15) is 37.4 Å². The molecule has 30 heavy (non-hydrogen) atoms. The van der Waals surface area contributed by atoms with Gasteiger partial charge in [-0.1, -0.05) is 37.1 Å². The number of anilines is 2. The van der Waals surface area contributed by atoms with E-state index in [4.69, 9.17) is 9.84 Å². The van der Waals surface area contributed by atoms with Crippen LogP contribution in [0.15, 0.2) is 54.6 Å². The zero-order valence-electron chi connectivity index (χ0n) is 16.7. The Hall–Kier alpha value is -3.48. The molecule has 0 amide bonds. The van der Waals surface area contributed by atoms with Gasteiger partial charge in [0, 0.05) is 11.8 Å². The fourth-order valence-electron chi connectivity index (χ4n) is 4.06. The molecular weight excluding hydrogens is 381 g/mol. The monoisotopic (exact) mass is 403 g/mol. The molecule has 1 N–H and O–H groups in total. The lowest BCUT2D eigenvalue weighted by Gasteiger charge is -2.10. The number of benzene rings is 2. The van der Waals surface area contributed by atoms with Crippen LogP contribution in [-0.4, -0.2) is 19.7 Å². The first-order chi connectivity index (χ1) is 14.7. The summed E-state index contributed by atoms with van der Waals surface area (Å²) in [6.07, 6.45) is 3.65. The Bertz CT molecular complexity index is 1190. The lowest BCUT2D eigenvalue weighted by atomic mass is 10.2. The molecule has 1 fully saturated rings. The molecular formula is C23H22FN5O. The fraction of sp³-hybridized carbons (Fsp3) is 0.261. The number of para-hydroxylation sites is 1. The highest BCUT2D eigenvalue weighted by Crippen LogP contribution is 2.35. The van der Waals surface area contributed by atoms with E-state index in [2.05, 4.69) is 15.3 Å². The summed E-state index contributed by atoms with van der Waals surface area (Å²) in [5, 5.41) is 8.89. The molecule has 7 heteroatoms. The summed E-state index contributed by atoms with van der Waals surface area (Å²) in [6.45, 7) is 1.79. The Morgan fingerprint density at radius 3 is 2.57 bits per heavy atom. The van der Waals surface area contributed by atoms with Crippen LogP contribution in [0.3, 0.4) is 0 Å². The normalized spacial score (nSPS) is 14.3. The van der Waals surface area contributed by atoms with Crippen molar-refractivity contribution in [3.05, 3.63) is 66.4 Å². The molecule has 5 rings (SSSR count). The maximum absolute atomic E-state index is 14.0. The van der Waals surface area contributed by atoms with Crippen molar-refractivity contribution >= 4 is 22.5 Å². The van der Waals surface area contributed by atoms with Gasteiger partial charge in [0.15, 0.2) is 11.5 Å². The predicted octanol–water partition coefficient (Wildman–Crippen LogP) is 5.92. The van der Waals surface area contributed by atoms with Crippen LogP contribution in [0.5, 0.6) is 11.5 Å². The van der Waals surface area contributed by atoms with Crippen LogP contribution in [0.25, 0.3) is 11.0 Å². The average Bonchev–Trinajstić information content (AvgIpc) is 3.37. The van der Waals surface area contributed by atoms with Gasteiger partial charge in [0.05, 0.1) is 17.1 Å². The van der Waals surface area contributed by atoms with Crippen LogP contribution in [0, 0.1) is 13.0 Å². The van der Waals surface area contributed by atoms with Gasteiger partial charge in [-0.25, -0.2) is 9.67 Å². The minimum atomic E-state index is -0.719. The third-order valence-electron chi connectivity index (χ3n) is 5.45. The molecule has 0 atom stereocenters. The van der Waals surface area contributed by atoms with E-state index in [-0.39, 0.29) is 6.04 Å². The Morgan fingerprint density at radius 1 is 1.00 bits per heavy atom. The lowest BCUT2D eigenvalue weighted by molar-refractivity contribution is 0.473. The lowest BCUT2D eigenvalue weighted by Crippen LogP contribution is -2.08. The third-order valence-corrected chi connectivity index (χ3v) is 5.45. The van der Waals surface area contributed by atoms with Gasteiger partial charge in [-0.15, -0.1) is 0 Å². The highest BCUT2D eigenvalue weighted by molar-refractivity contribution is 5.91. The van der Waals surface area contributed by atoms with Gasteiger partial charge in [-0.3, -0.25) is 0 Å². The summed E-state index contributed by atoms with van der Waals surface area (Å²) >= 11 is 0. The van der Waals surface area contributed by atoms with Crippen molar-refractivity contribution in [1.29, 1.82) is 0 Å². The number of ether oxygens (including phenoxy) is 1. The van der Waals surface area contributed by atoms with Crippen molar-refractivity contribution < 1.29 is 9.13 Å². The second-order valence-electron chi connectivity index (χ2n) is 7.58. The molecule has 0 aliphatic heterocycles. The zero-order valence-corrected chi connectivity index (χ0v) is 16.7. The number of nitrogens with zero attached hydrogens (tertiary/aromatic N) is 4. The number of hydrogen-bond donors (Lipinski definition) is 1. The van der Waals surface area contributed by atoms with Gasteiger partial charge >= 0.3 is 6.08 Å². The summed E-state index contributed by atoms with van der Waals surface area (Å²) in [7, 11) is 0. The van der Waals surface area contributed by atoms with E-state index in [1.54, 1.807) is 6.92 Å². The standard InChI is InChI=1S/C23H22FN5O/c1-15-20-21(28-29(17-9-5-6-10-17)22(20)27-23(24)25-15)26-16-8-7-13-19(14-16)30-18-11-3-2-4-12-18/h2-4,7-8,11-14,17H,5-6,9-10H2,1H3,(H,26,28). The van der Waals surface area contributed by atoms with Crippen molar-refractivity contribution in [2.45, 2.75) is 38.6 Å². The van der Waals surface area contributed by atoms with E-state index in [0.717, 1.165) is 42.5 Å². The average molecular weight is 403 g/mol. The number of aromatic nitrogens is 4. The molecule has 4 aromatic rings. The van der Waals surface area contributed by atoms with E-state index in [1.165, 1.54) is 0 Å². The Kier molecular flexibility index (Phi) is 4.78. The van der Waals surface area contributed by atoms with Crippen LogP contribution < -0.4 is 10.1 Å². The summed E-state index contributed by atoms with van der Waals surface area (Å²) in [5.74, 6) is 2.11. The second-order valence-corrected chi connectivity index (χ2v) is 7.58. The highest BCUT2D eigenvalue weighted by atomic mass is 19.1. The minimum Gasteiger partial charge on any atom is -0.457 e. The van der Waals surface area contributed by atoms with Gasteiger partial charge in [-0.05, 0) is 44.0 Å². The first kappa shape index (κ1) is 18.5. The molecule has 0 spiro atoms. The van der Waals surface area contributed by atoms with Gasteiger partial charge in [-0.2, -0.15) is 14.5 Å². The van der Waals surface area contributed by atoms with E-state index < -0.39 is 6.08 Å². The molecule has 2 aromatic heterocycles. The third kappa shape index (κ3) is 3.58. The predicted molar refractivity (Wildman–Crippen MR) is 114 cm³/mol. The largest absolute Gasteiger partial charge is 0.457 e. The molecule has 0 saturated heterocycles. The summed E-state index contributed by atoms with van der Waals surface area (Å²) < 4.78 is 21.8. The molecule has 6 nitrogen and oxygen atoms in total. The highest BCUT2D eigenvalue weighted by Gasteiger charge is 2.24. The Labute approximate surface area is 173 Å². The van der Waals surface area contributed by atoms with E-state index >= 15 is 0 Å². The van der Waals surface area contributed by atoms with Gasteiger partial charge in [0.25, 0.3) is 0 Å². The van der Waals surface area contributed by atoms with Crippen molar-refractivity contribution in [2.24, 2.45) is 0 Å². The summed E-state index contributed by atoms with van der Waals surface area (Å²) in [5.41, 5.74) is 1.94. The molecule has 152 valence electrons. The number of halogens is 1. The van der Waals surface area contributed by atoms with Crippen molar-refractivity contribution in [1.82, 2.24) is 19.7 Å². The van der Waals surface area contributed by atoms with Crippen molar-refractivity contribution in [2.75, 3.05) is 5.32 Å². The maximum Gasteiger partial charge on any atom is 0.310 e. The molecule has 2 heterocycles. The summed E-state index contributed by atoms with van der Waals surface area (Å²) in [6, 6.07) is 17.5. The first-order valence-corrected chi connectivity index (χ1v) is 10.2. The molecule has 0 radical (unpaired) electrons. The number of rotatable bonds is 5. The van der Waals surface area contributed by atoms with Crippen LogP contribution >= 0.6 is 0 Å². The molecule has 1 aliphatic carbocycles. The smallest absolute Gasteiger partial charge is 0.310 e. The number of hydrogen-bond acceptors (Lipinski definition) is 5. The number of fused-ring (bicyclic) bond motifs is 1. The second kappa shape index (κ2) is 7.74. The SMILES string of the molecule is Cc1nc(F)nc2c1c(Nc1cccc(Oc3ccccc3)c1)nn2C1CCCC1. The summed E-state index contributed by atoms with van der Waals surface area (Å²) in [4.78, 5) is 8.00. The van der Waals surface area contributed by atoms with Crippen LogP contribution in [0.4, 0.5) is 15.9 Å². The molecule has 1 saturated carbocycles. The Morgan fingerprint density at radius 2 is 1.77 bits per heavy atom. The van der Waals surface area contributed by atoms with Crippen molar-refractivity contribution in [3.63, 3.8) is 0 Å². The Balaban J connectivity index is 1.50. The number of aryl methyl sites for hydroxylation is 1.